The van der Waals surface area contributed by atoms with Crippen LogP contribution in [0.25, 0.3) is 0 Å². The monoisotopic (exact) mass is 475 g/mol. The first-order chi connectivity index (χ1) is 11.7. The van der Waals surface area contributed by atoms with Crippen molar-refractivity contribution in [1.29, 1.82) is 0 Å². The molecule has 0 radical (unpaired) electrons. The summed E-state index contributed by atoms with van der Waals surface area (Å²) in [6, 6.07) is 13.5. The minimum atomic E-state index is 0. The molecule has 0 atom stereocenters. The summed E-state index contributed by atoms with van der Waals surface area (Å²) >= 11 is 5.98. The molecule has 136 valence electrons. The average Bonchev–Trinajstić information content (AvgIpc) is 2.63. The highest BCUT2D eigenvalue weighted by molar-refractivity contribution is 14.0. The molecule has 0 heterocycles. The standard InChI is InChI=1S/C18H22ClN3O2.HI/c1-20-18(21-11-13-4-8-16(23-2)9-5-13)22-12-14-6-7-15(19)10-17(14)24-3;/h4-10H,11-12H2,1-3H3,(H2,20,21,22);1H. The summed E-state index contributed by atoms with van der Waals surface area (Å²) in [6.45, 7) is 1.25. The molecule has 2 aromatic rings. The van der Waals surface area contributed by atoms with Gasteiger partial charge in [0.15, 0.2) is 5.96 Å². The Balaban J connectivity index is 0.00000312. The number of hydrogen-bond donors (Lipinski definition) is 2. The van der Waals surface area contributed by atoms with Crippen molar-refractivity contribution in [1.82, 2.24) is 10.6 Å². The van der Waals surface area contributed by atoms with E-state index < -0.39 is 0 Å². The van der Waals surface area contributed by atoms with Gasteiger partial charge in [0.1, 0.15) is 11.5 Å². The van der Waals surface area contributed by atoms with Gasteiger partial charge in [-0.1, -0.05) is 29.8 Å². The van der Waals surface area contributed by atoms with Gasteiger partial charge in [-0.3, -0.25) is 4.99 Å². The van der Waals surface area contributed by atoms with Gasteiger partial charge in [0.05, 0.1) is 14.2 Å². The van der Waals surface area contributed by atoms with Crippen molar-refractivity contribution < 1.29 is 9.47 Å². The summed E-state index contributed by atoms with van der Waals surface area (Å²) in [7, 11) is 5.03. The molecule has 0 saturated carbocycles. The van der Waals surface area contributed by atoms with Gasteiger partial charge in [-0.15, -0.1) is 24.0 Å². The van der Waals surface area contributed by atoms with Crippen molar-refractivity contribution in [3.05, 3.63) is 58.6 Å². The minimum Gasteiger partial charge on any atom is -0.497 e. The van der Waals surface area contributed by atoms with E-state index in [0.717, 1.165) is 22.6 Å². The number of ether oxygens (including phenoxy) is 2. The van der Waals surface area contributed by atoms with Crippen molar-refractivity contribution in [2.24, 2.45) is 4.99 Å². The number of nitrogens with zero attached hydrogens (tertiary/aromatic N) is 1. The number of aliphatic imine (C=N–C) groups is 1. The zero-order valence-electron chi connectivity index (χ0n) is 14.5. The third-order valence-corrected chi connectivity index (χ3v) is 3.77. The molecule has 5 nitrogen and oxygen atoms in total. The molecule has 2 aromatic carbocycles. The van der Waals surface area contributed by atoms with Gasteiger partial charge in [0.2, 0.25) is 0 Å². The Kier molecular flexibility index (Phi) is 9.44. The van der Waals surface area contributed by atoms with E-state index in [2.05, 4.69) is 15.6 Å². The second-order valence-electron chi connectivity index (χ2n) is 5.08. The predicted octanol–water partition coefficient (Wildman–Crippen LogP) is 3.84. The van der Waals surface area contributed by atoms with Gasteiger partial charge < -0.3 is 20.1 Å². The molecule has 7 heteroatoms. The highest BCUT2D eigenvalue weighted by Gasteiger charge is 2.05. The molecule has 0 amide bonds. The number of benzene rings is 2. The lowest BCUT2D eigenvalue weighted by atomic mass is 10.2. The van der Waals surface area contributed by atoms with Crippen LogP contribution in [0.2, 0.25) is 5.02 Å². The summed E-state index contributed by atoms with van der Waals surface area (Å²) in [4.78, 5) is 4.23. The molecule has 2 N–H and O–H groups in total. The van der Waals surface area contributed by atoms with E-state index in [4.69, 9.17) is 21.1 Å². The van der Waals surface area contributed by atoms with Crippen LogP contribution in [0.1, 0.15) is 11.1 Å². The lowest BCUT2D eigenvalue weighted by molar-refractivity contribution is 0.409. The molecule has 0 aliphatic rings. The molecule has 0 unspecified atom stereocenters. The van der Waals surface area contributed by atoms with E-state index in [9.17, 15) is 0 Å². The molecule has 2 rings (SSSR count). The van der Waals surface area contributed by atoms with Crippen molar-refractivity contribution in [2.45, 2.75) is 13.1 Å². The lowest BCUT2D eigenvalue weighted by Crippen LogP contribution is -2.36. The molecule has 25 heavy (non-hydrogen) atoms. The lowest BCUT2D eigenvalue weighted by Gasteiger charge is -2.14. The van der Waals surface area contributed by atoms with Crippen LogP contribution in [0, 0.1) is 0 Å². The maximum absolute atomic E-state index is 5.98. The quantitative estimate of drug-likeness (QED) is 0.379. The maximum Gasteiger partial charge on any atom is 0.191 e. The zero-order chi connectivity index (χ0) is 17.4. The number of rotatable bonds is 6. The molecule has 0 spiro atoms. The third kappa shape index (κ3) is 6.62. The smallest absolute Gasteiger partial charge is 0.191 e. The number of nitrogens with one attached hydrogen (secondary N) is 2. The average molecular weight is 476 g/mol. The maximum atomic E-state index is 5.98. The minimum absolute atomic E-state index is 0. The van der Waals surface area contributed by atoms with Gasteiger partial charge in [0, 0.05) is 30.7 Å². The first-order valence-electron chi connectivity index (χ1n) is 7.56. The van der Waals surface area contributed by atoms with Crippen LogP contribution < -0.4 is 20.1 Å². The number of guanidine groups is 1. The molecule has 0 aromatic heterocycles. The van der Waals surface area contributed by atoms with Crippen LogP contribution in [0.5, 0.6) is 11.5 Å². The van der Waals surface area contributed by atoms with Gasteiger partial charge in [-0.2, -0.15) is 0 Å². The summed E-state index contributed by atoms with van der Waals surface area (Å²) in [6.07, 6.45) is 0. The van der Waals surface area contributed by atoms with Crippen molar-refractivity contribution in [3.63, 3.8) is 0 Å². The van der Waals surface area contributed by atoms with Crippen molar-refractivity contribution in [2.75, 3.05) is 21.3 Å². The van der Waals surface area contributed by atoms with Crippen LogP contribution in [-0.4, -0.2) is 27.2 Å². The molecule has 0 bridgehead atoms. The third-order valence-electron chi connectivity index (χ3n) is 3.54. The first-order valence-corrected chi connectivity index (χ1v) is 7.94. The van der Waals surface area contributed by atoms with Gasteiger partial charge in [-0.05, 0) is 29.8 Å². The summed E-state index contributed by atoms with van der Waals surface area (Å²) < 4.78 is 10.5. The van der Waals surface area contributed by atoms with Gasteiger partial charge in [-0.25, -0.2) is 0 Å². The highest BCUT2D eigenvalue weighted by Crippen LogP contribution is 2.22. The second-order valence-corrected chi connectivity index (χ2v) is 5.52. The largest absolute Gasteiger partial charge is 0.497 e. The summed E-state index contributed by atoms with van der Waals surface area (Å²) in [5, 5.41) is 7.19. The Bertz CT molecular complexity index is 693. The number of halogens is 2. The van der Waals surface area contributed by atoms with Gasteiger partial charge in [0.25, 0.3) is 0 Å². The highest BCUT2D eigenvalue weighted by atomic mass is 127. The fourth-order valence-electron chi connectivity index (χ4n) is 2.19. The van der Waals surface area contributed by atoms with Crippen LogP contribution >= 0.6 is 35.6 Å². The predicted molar refractivity (Wildman–Crippen MR) is 113 cm³/mol. The first kappa shape index (κ1) is 21.4. The molecule has 0 saturated heterocycles. The Morgan fingerprint density at radius 1 is 1.00 bits per heavy atom. The molecule has 0 aliphatic carbocycles. The van der Waals surface area contributed by atoms with E-state index in [1.807, 2.05) is 36.4 Å². The van der Waals surface area contributed by atoms with Crippen LogP contribution in [0.15, 0.2) is 47.5 Å². The van der Waals surface area contributed by atoms with Crippen LogP contribution in [0.4, 0.5) is 0 Å². The van der Waals surface area contributed by atoms with Crippen LogP contribution in [0.3, 0.4) is 0 Å². The topological polar surface area (TPSA) is 54.9 Å². The molecular weight excluding hydrogens is 453 g/mol. The van der Waals surface area contributed by atoms with Crippen molar-refractivity contribution >= 4 is 41.5 Å². The van der Waals surface area contributed by atoms with E-state index in [0.29, 0.717) is 24.1 Å². The number of hydrogen-bond acceptors (Lipinski definition) is 3. The van der Waals surface area contributed by atoms with E-state index in [1.165, 1.54) is 0 Å². The second kappa shape index (κ2) is 11.0. The van der Waals surface area contributed by atoms with Gasteiger partial charge >= 0.3 is 0 Å². The zero-order valence-corrected chi connectivity index (χ0v) is 17.6. The fraction of sp³-hybridized carbons (Fsp3) is 0.278. The van der Waals surface area contributed by atoms with E-state index >= 15 is 0 Å². The Labute approximate surface area is 170 Å². The molecular formula is C18H23ClIN3O2. The Hall–Kier alpha value is -1.67. The normalized spacial score (nSPS) is 10.6. The van der Waals surface area contributed by atoms with E-state index in [-0.39, 0.29) is 24.0 Å². The molecule has 0 aliphatic heterocycles. The van der Waals surface area contributed by atoms with E-state index in [1.54, 1.807) is 27.3 Å². The van der Waals surface area contributed by atoms with Crippen molar-refractivity contribution in [3.8, 4) is 11.5 Å². The molecule has 0 fully saturated rings. The Morgan fingerprint density at radius 3 is 2.28 bits per heavy atom. The number of methoxy groups -OCH3 is 2. The fourth-order valence-corrected chi connectivity index (χ4v) is 2.36. The summed E-state index contributed by atoms with van der Waals surface area (Å²) in [5.74, 6) is 2.31. The Morgan fingerprint density at radius 2 is 1.68 bits per heavy atom. The SMILES string of the molecule is CN=C(NCc1ccc(OC)cc1)NCc1ccc(Cl)cc1OC.I. The van der Waals surface area contributed by atoms with Crippen LogP contribution in [-0.2, 0) is 13.1 Å². The summed E-state index contributed by atoms with van der Waals surface area (Å²) in [5.41, 5.74) is 2.15.